The van der Waals surface area contributed by atoms with Gasteiger partial charge in [-0.2, -0.15) is 0 Å². The zero-order chi connectivity index (χ0) is 12.5. The maximum Gasteiger partial charge on any atom is 0.0120 e. The second-order valence-corrected chi connectivity index (χ2v) is 4.99. The lowest BCUT2D eigenvalue weighted by Gasteiger charge is -2.22. The molecule has 0 aromatic carbocycles. The molecule has 0 saturated carbocycles. The molecule has 0 atom stereocenters. The second kappa shape index (κ2) is 9.17. The minimum Gasteiger partial charge on any atom is -0.325 e. The molecule has 1 aliphatic heterocycles. The smallest absolute Gasteiger partial charge is 0.0120 e. The molecular weight excluding hydrogens is 184 g/mol. The Kier molecular flexibility index (Phi) is 10.6. The van der Waals surface area contributed by atoms with Gasteiger partial charge in [0.25, 0.3) is 0 Å². The van der Waals surface area contributed by atoms with Gasteiger partial charge in [0.1, 0.15) is 0 Å². The van der Waals surface area contributed by atoms with Crippen LogP contribution in [0.1, 0.15) is 54.4 Å². The van der Waals surface area contributed by atoms with Gasteiger partial charge >= 0.3 is 0 Å². The summed E-state index contributed by atoms with van der Waals surface area (Å²) in [6.45, 7) is 15.0. The molecule has 0 aromatic rings. The van der Waals surface area contributed by atoms with Crippen molar-refractivity contribution in [1.82, 2.24) is 4.90 Å². The highest BCUT2D eigenvalue weighted by Gasteiger charge is 2.14. The molecule has 1 fully saturated rings. The Hall–Kier alpha value is -0.0800. The monoisotopic (exact) mass is 216 g/mol. The molecule has 1 heterocycles. The highest BCUT2D eigenvalue weighted by Crippen LogP contribution is 2.09. The maximum absolute atomic E-state index is 5.68. The molecule has 1 saturated heterocycles. The van der Waals surface area contributed by atoms with Crippen LogP contribution in [-0.4, -0.2) is 30.6 Å². The third kappa shape index (κ3) is 11.8. The Morgan fingerprint density at radius 1 is 1.07 bits per heavy atom. The molecule has 94 valence electrons. The molecular formula is C13H32N2. The number of hydrogen-bond donors (Lipinski definition) is 1. The molecule has 2 heteroatoms. The van der Waals surface area contributed by atoms with Crippen LogP contribution in [0.25, 0.3) is 0 Å². The first-order valence-electron chi connectivity index (χ1n) is 6.31. The van der Waals surface area contributed by atoms with Crippen LogP contribution in [0.5, 0.6) is 0 Å². The summed E-state index contributed by atoms with van der Waals surface area (Å²) in [7, 11) is 2.17. The molecule has 2 nitrogen and oxygen atoms in total. The van der Waals surface area contributed by atoms with Gasteiger partial charge in [-0.3, -0.25) is 0 Å². The predicted molar refractivity (Wildman–Crippen MR) is 71.2 cm³/mol. The molecule has 0 aliphatic carbocycles. The van der Waals surface area contributed by atoms with E-state index in [1.54, 1.807) is 0 Å². The van der Waals surface area contributed by atoms with Crippen molar-refractivity contribution in [3.63, 3.8) is 0 Å². The van der Waals surface area contributed by atoms with Crippen molar-refractivity contribution in [2.45, 2.75) is 59.9 Å². The summed E-state index contributed by atoms with van der Waals surface area (Å²) in [4.78, 5) is 2.36. The fourth-order valence-corrected chi connectivity index (χ4v) is 0.875. The SMILES string of the molecule is CC.CC(C)C(C)(C)N.CN1CCCC1. The second-order valence-electron chi connectivity index (χ2n) is 4.99. The van der Waals surface area contributed by atoms with E-state index >= 15 is 0 Å². The van der Waals surface area contributed by atoms with Crippen LogP contribution >= 0.6 is 0 Å². The third-order valence-electron chi connectivity index (χ3n) is 2.82. The fraction of sp³-hybridized carbons (Fsp3) is 1.00. The maximum atomic E-state index is 5.68. The Labute approximate surface area is 97.2 Å². The van der Waals surface area contributed by atoms with E-state index in [1.165, 1.54) is 25.9 Å². The Morgan fingerprint density at radius 2 is 1.33 bits per heavy atom. The van der Waals surface area contributed by atoms with Gasteiger partial charge in [-0.15, -0.1) is 0 Å². The van der Waals surface area contributed by atoms with Crippen molar-refractivity contribution in [3.05, 3.63) is 0 Å². The Morgan fingerprint density at radius 3 is 1.40 bits per heavy atom. The van der Waals surface area contributed by atoms with Gasteiger partial charge in [-0.05, 0) is 52.7 Å². The molecule has 2 N–H and O–H groups in total. The number of rotatable bonds is 1. The predicted octanol–water partition coefficient (Wildman–Crippen LogP) is 3.12. The quantitative estimate of drug-likeness (QED) is 0.730. The highest BCUT2D eigenvalue weighted by atomic mass is 15.1. The van der Waals surface area contributed by atoms with E-state index in [2.05, 4.69) is 25.8 Å². The van der Waals surface area contributed by atoms with Gasteiger partial charge in [0.15, 0.2) is 0 Å². The summed E-state index contributed by atoms with van der Waals surface area (Å²) in [6, 6.07) is 0. The van der Waals surface area contributed by atoms with Crippen molar-refractivity contribution in [1.29, 1.82) is 0 Å². The fourth-order valence-electron chi connectivity index (χ4n) is 0.875. The number of hydrogen-bond acceptors (Lipinski definition) is 2. The van der Waals surface area contributed by atoms with Gasteiger partial charge in [-0.1, -0.05) is 27.7 Å². The largest absolute Gasteiger partial charge is 0.325 e. The van der Waals surface area contributed by atoms with Gasteiger partial charge in [0.05, 0.1) is 0 Å². The highest BCUT2D eigenvalue weighted by molar-refractivity contribution is 4.74. The van der Waals surface area contributed by atoms with Crippen LogP contribution in [0.4, 0.5) is 0 Å². The Bertz CT molecular complexity index is 119. The number of nitrogens with two attached hydrogens (primary N) is 1. The summed E-state index contributed by atoms with van der Waals surface area (Å²) >= 11 is 0. The first-order chi connectivity index (χ1) is 6.84. The van der Waals surface area contributed by atoms with E-state index in [0.29, 0.717) is 5.92 Å². The normalized spacial score (nSPS) is 16.6. The number of likely N-dealkylation sites (tertiary alicyclic amines) is 1. The average molecular weight is 216 g/mol. The van der Waals surface area contributed by atoms with E-state index in [-0.39, 0.29) is 5.54 Å². The molecule has 0 spiro atoms. The standard InChI is InChI=1S/C6H15N.C5H11N.C2H6/c1-5(2)6(3,4)7;1-6-4-2-3-5-6;1-2/h5H,7H2,1-4H3;2-5H2,1H3;1-2H3. The van der Waals surface area contributed by atoms with E-state index in [0.717, 1.165) is 0 Å². The van der Waals surface area contributed by atoms with Crippen molar-refractivity contribution in [2.75, 3.05) is 20.1 Å². The first kappa shape index (κ1) is 17.3. The van der Waals surface area contributed by atoms with E-state index in [4.69, 9.17) is 5.73 Å². The van der Waals surface area contributed by atoms with Gasteiger partial charge < -0.3 is 10.6 Å². The minimum atomic E-state index is 0. The van der Waals surface area contributed by atoms with E-state index in [9.17, 15) is 0 Å². The van der Waals surface area contributed by atoms with Crippen LogP contribution in [0, 0.1) is 5.92 Å². The molecule has 1 rings (SSSR count). The zero-order valence-corrected chi connectivity index (χ0v) is 11.9. The molecule has 1 aliphatic rings. The van der Waals surface area contributed by atoms with Crippen molar-refractivity contribution in [2.24, 2.45) is 11.7 Å². The molecule has 0 bridgehead atoms. The third-order valence-corrected chi connectivity index (χ3v) is 2.82. The summed E-state index contributed by atoms with van der Waals surface area (Å²) in [5.74, 6) is 0.576. The van der Waals surface area contributed by atoms with Crippen LogP contribution < -0.4 is 5.73 Å². The molecule has 0 radical (unpaired) electrons. The molecule has 0 aromatic heterocycles. The van der Waals surface area contributed by atoms with Gasteiger partial charge in [-0.25, -0.2) is 0 Å². The summed E-state index contributed by atoms with van der Waals surface area (Å²) in [6.07, 6.45) is 2.83. The lowest BCUT2D eigenvalue weighted by atomic mass is 9.92. The van der Waals surface area contributed by atoms with Crippen LogP contribution in [0.3, 0.4) is 0 Å². The van der Waals surface area contributed by atoms with Crippen molar-refractivity contribution < 1.29 is 0 Å². The summed E-state index contributed by atoms with van der Waals surface area (Å²) < 4.78 is 0. The molecule has 0 unspecified atom stereocenters. The Balaban J connectivity index is 0. The molecule has 15 heavy (non-hydrogen) atoms. The van der Waals surface area contributed by atoms with Crippen LogP contribution in [0.15, 0.2) is 0 Å². The lowest BCUT2D eigenvalue weighted by molar-refractivity contribution is 0.373. The van der Waals surface area contributed by atoms with Crippen LogP contribution in [0.2, 0.25) is 0 Å². The average Bonchev–Trinajstić information content (AvgIpc) is 2.59. The van der Waals surface area contributed by atoms with Crippen molar-refractivity contribution >= 4 is 0 Å². The van der Waals surface area contributed by atoms with Crippen molar-refractivity contribution in [3.8, 4) is 0 Å². The van der Waals surface area contributed by atoms with Crippen LogP contribution in [-0.2, 0) is 0 Å². The van der Waals surface area contributed by atoms with Gasteiger partial charge in [0.2, 0.25) is 0 Å². The summed E-state index contributed by atoms with van der Waals surface area (Å²) in [5.41, 5.74) is 5.68. The zero-order valence-electron chi connectivity index (χ0n) is 11.9. The van der Waals surface area contributed by atoms with E-state index < -0.39 is 0 Å². The topological polar surface area (TPSA) is 29.3 Å². The molecule has 0 amide bonds. The minimum absolute atomic E-state index is 0. The first-order valence-corrected chi connectivity index (χ1v) is 6.31. The van der Waals surface area contributed by atoms with E-state index in [1.807, 2.05) is 27.7 Å². The number of nitrogens with zero attached hydrogens (tertiary/aromatic N) is 1. The van der Waals surface area contributed by atoms with Gasteiger partial charge in [0, 0.05) is 5.54 Å². The lowest BCUT2D eigenvalue weighted by Crippen LogP contribution is -2.37. The summed E-state index contributed by atoms with van der Waals surface area (Å²) in [5, 5.41) is 0.